The lowest BCUT2D eigenvalue weighted by molar-refractivity contribution is -0.177. The molecular weight excluding hydrogens is 256 g/mol. The maximum Gasteiger partial charge on any atom is 0.310 e. The molecule has 2 bridgehead atoms. The van der Waals surface area contributed by atoms with Gasteiger partial charge in [-0.1, -0.05) is 32.9 Å². The summed E-state index contributed by atoms with van der Waals surface area (Å²) in [6, 6.07) is 0. The molecule has 0 aromatic heterocycles. The van der Waals surface area contributed by atoms with Crippen molar-refractivity contribution in [1.82, 2.24) is 0 Å². The first kappa shape index (κ1) is 15.1. The van der Waals surface area contributed by atoms with Crippen LogP contribution < -0.4 is 0 Å². The number of rotatable bonds is 3. The molecule has 1 saturated carbocycles. The Hall–Kier alpha value is -1.32. The van der Waals surface area contributed by atoms with Gasteiger partial charge in [-0.15, -0.1) is 0 Å². The van der Waals surface area contributed by atoms with Crippen molar-refractivity contribution in [2.24, 2.45) is 28.6 Å². The van der Waals surface area contributed by atoms with Crippen LogP contribution in [0.25, 0.3) is 0 Å². The van der Waals surface area contributed by atoms with E-state index in [0.29, 0.717) is 0 Å². The fraction of sp³-hybridized carbons (Fsp3) is 0.750. The fourth-order valence-electron chi connectivity index (χ4n) is 4.06. The Bertz CT molecular complexity index is 453. The van der Waals surface area contributed by atoms with Gasteiger partial charge >= 0.3 is 11.9 Å². The van der Waals surface area contributed by atoms with E-state index in [2.05, 4.69) is 26.0 Å². The maximum absolute atomic E-state index is 12.4. The van der Waals surface area contributed by atoms with Crippen molar-refractivity contribution >= 4 is 11.9 Å². The standard InChI is InChI=1S/C16H24O4/c1-10(2)16-8-6-15(3,7-9-16)11(13(17)19-4)12(16)14(18)20-5/h6,8,10-12H,7,9H2,1-5H3. The zero-order chi connectivity index (χ0) is 15.1. The first-order valence-corrected chi connectivity index (χ1v) is 7.18. The summed E-state index contributed by atoms with van der Waals surface area (Å²) in [5, 5.41) is 0. The number of ether oxygens (including phenoxy) is 2. The van der Waals surface area contributed by atoms with E-state index in [1.807, 2.05) is 6.92 Å². The molecule has 0 aromatic rings. The summed E-state index contributed by atoms with van der Waals surface area (Å²) in [7, 11) is 2.77. The molecule has 0 aromatic carbocycles. The molecular formula is C16H24O4. The van der Waals surface area contributed by atoms with Crippen molar-refractivity contribution in [1.29, 1.82) is 0 Å². The van der Waals surface area contributed by atoms with Crippen LogP contribution >= 0.6 is 0 Å². The zero-order valence-corrected chi connectivity index (χ0v) is 12.9. The molecule has 0 spiro atoms. The minimum absolute atomic E-state index is 0.264. The highest BCUT2D eigenvalue weighted by molar-refractivity contribution is 5.85. The van der Waals surface area contributed by atoms with E-state index in [-0.39, 0.29) is 28.7 Å². The smallest absolute Gasteiger partial charge is 0.310 e. The Balaban J connectivity index is 2.58. The Kier molecular flexibility index (Phi) is 3.69. The van der Waals surface area contributed by atoms with Gasteiger partial charge in [0.1, 0.15) is 0 Å². The molecule has 3 aliphatic rings. The van der Waals surface area contributed by atoms with E-state index in [4.69, 9.17) is 9.47 Å². The molecule has 3 rings (SSSR count). The summed E-state index contributed by atoms with van der Waals surface area (Å²) in [6.45, 7) is 6.23. The Labute approximate surface area is 120 Å². The molecule has 0 aliphatic heterocycles. The van der Waals surface area contributed by atoms with Gasteiger partial charge in [0, 0.05) is 5.41 Å². The molecule has 0 N–H and O–H groups in total. The van der Waals surface area contributed by atoms with Gasteiger partial charge in [0.05, 0.1) is 26.1 Å². The predicted octanol–water partition coefficient (Wildman–Crippen LogP) is 2.58. The predicted molar refractivity (Wildman–Crippen MR) is 74.8 cm³/mol. The molecule has 4 atom stereocenters. The van der Waals surface area contributed by atoms with Gasteiger partial charge < -0.3 is 9.47 Å². The summed E-state index contributed by atoms with van der Waals surface area (Å²) >= 11 is 0. The van der Waals surface area contributed by atoms with Crippen LogP contribution in [0.3, 0.4) is 0 Å². The van der Waals surface area contributed by atoms with Crippen LogP contribution in [0.1, 0.15) is 33.6 Å². The summed E-state index contributed by atoms with van der Waals surface area (Å²) < 4.78 is 9.98. The molecule has 0 radical (unpaired) electrons. The third-order valence-corrected chi connectivity index (χ3v) is 5.48. The minimum atomic E-state index is -0.457. The average Bonchev–Trinajstić information content (AvgIpc) is 2.44. The lowest BCUT2D eigenvalue weighted by atomic mass is 9.46. The Morgan fingerprint density at radius 2 is 1.60 bits per heavy atom. The van der Waals surface area contributed by atoms with Crippen LogP contribution in [0.2, 0.25) is 0 Å². The third-order valence-electron chi connectivity index (χ3n) is 5.48. The van der Waals surface area contributed by atoms with E-state index in [0.717, 1.165) is 12.8 Å². The summed E-state index contributed by atoms with van der Waals surface area (Å²) in [5.74, 6) is -1.26. The quantitative estimate of drug-likeness (QED) is 0.589. The number of methoxy groups -OCH3 is 2. The van der Waals surface area contributed by atoms with Crippen molar-refractivity contribution < 1.29 is 19.1 Å². The summed E-state index contributed by atoms with van der Waals surface area (Å²) in [4.78, 5) is 24.7. The van der Waals surface area contributed by atoms with Crippen LogP contribution in [-0.4, -0.2) is 26.2 Å². The number of carbonyl (C=O) groups excluding carboxylic acids is 2. The highest BCUT2D eigenvalue weighted by Gasteiger charge is 2.62. The maximum atomic E-state index is 12.4. The van der Waals surface area contributed by atoms with E-state index in [9.17, 15) is 9.59 Å². The van der Waals surface area contributed by atoms with Gasteiger partial charge in [0.2, 0.25) is 0 Å². The van der Waals surface area contributed by atoms with Crippen LogP contribution in [0, 0.1) is 28.6 Å². The van der Waals surface area contributed by atoms with Crippen molar-refractivity contribution in [3.8, 4) is 0 Å². The molecule has 20 heavy (non-hydrogen) atoms. The number of esters is 2. The Morgan fingerprint density at radius 1 is 1.05 bits per heavy atom. The van der Waals surface area contributed by atoms with E-state index in [1.165, 1.54) is 14.2 Å². The van der Waals surface area contributed by atoms with Gasteiger partial charge in [0.25, 0.3) is 0 Å². The molecule has 4 heteroatoms. The summed E-state index contributed by atoms with van der Waals surface area (Å²) in [6.07, 6.45) is 6.06. The van der Waals surface area contributed by atoms with Crippen LogP contribution in [0.5, 0.6) is 0 Å². The lowest BCUT2D eigenvalue weighted by Crippen LogP contribution is -2.58. The van der Waals surface area contributed by atoms with Gasteiger partial charge in [0.15, 0.2) is 0 Å². The SMILES string of the molecule is COC(=O)C1C(C(=O)OC)C2(C(C)C)C=CC1(C)CC2. The lowest BCUT2D eigenvalue weighted by Gasteiger charge is -2.57. The second kappa shape index (κ2) is 4.90. The Morgan fingerprint density at radius 3 is 2.00 bits per heavy atom. The number of fused-ring (bicyclic) bond motifs is 2. The van der Waals surface area contributed by atoms with Gasteiger partial charge in [-0.25, -0.2) is 0 Å². The zero-order valence-electron chi connectivity index (χ0n) is 12.9. The largest absolute Gasteiger partial charge is 0.469 e. The molecule has 4 unspecified atom stereocenters. The second-order valence-corrected chi connectivity index (χ2v) is 6.61. The molecule has 0 amide bonds. The van der Waals surface area contributed by atoms with Gasteiger partial charge in [-0.2, -0.15) is 0 Å². The normalized spacial score (nSPS) is 38.9. The average molecular weight is 280 g/mol. The first-order chi connectivity index (χ1) is 9.32. The topological polar surface area (TPSA) is 52.6 Å². The van der Waals surface area contributed by atoms with Gasteiger partial charge in [-0.05, 0) is 24.2 Å². The first-order valence-electron chi connectivity index (χ1n) is 7.18. The number of carbonyl (C=O) groups is 2. The molecule has 0 saturated heterocycles. The molecule has 4 nitrogen and oxygen atoms in total. The van der Waals surface area contributed by atoms with Gasteiger partial charge in [-0.3, -0.25) is 9.59 Å². The number of allylic oxidation sites excluding steroid dienone is 2. The van der Waals surface area contributed by atoms with Crippen molar-refractivity contribution in [2.75, 3.05) is 14.2 Å². The highest BCUT2D eigenvalue weighted by Crippen LogP contribution is 2.61. The molecule has 1 fully saturated rings. The number of hydrogen-bond donors (Lipinski definition) is 0. The van der Waals surface area contributed by atoms with E-state index < -0.39 is 11.8 Å². The molecule has 3 aliphatic carbocycles. The third kappa shape index (κ3) is 1.88. The van der Waals surface area contributed by atoms with Crippen LogP contribution in [-0.2, 0) is 19.1 Å². The van der Waals surface area contributed by atoms with E-state index >= 15 is 0 Å². The van der Waals surface area contributed by atoms with Crippen molar-refractivity contribution in [3.63, 3.8) is 0 Å². The minimum Gasteiger partial charge on any atom is -0.469 e. The molecule has 112 valence electrons. The van der Waals surface area contributed by atoms with Crippen LogP contribution in [0.15, 0.2) is 12.2 Å². The fourth-order valence-corrected chi connectivity index (χ4v) is 4.06. The highest BCUT2D eigenvalue weighted by atomic mass is 16.5. The van der Waals surface area contributed by atoms with Crippen molar-refractivity contribution in [2.45, 2.75) is 33.6 Å². The second-order valence-electron chi connectivity index (χ2n) is 6.61. The van der Waals surface area contributed by atoms with E-state index in [1.54, 1.807) is 0 Å². The summed E-state index contributed by atoms with van der Waals surface area (Å²) in [5.41, 5.74) is -0.619. The van der Waals surface area contributed by atoms with Crippen LogP contribution in [0.4, 0.5) is 0 Å². The monoisotopic (exact) mass is 280 g/mol. The number of hydrogen-bond acceptors (Lipinski definition) is 4. The molecule has 0 heterocycles. The van der Waals surface area contributed by atoms with Crippen molar-refractivity contribution in [3.05, 3.63) is 12.2 Å².